The lowest BCUT2D eigenvalue weighted by Crippen LogP contribution is -2.07. The van der Waals surface area contributed by atoms with Gasteiger partial charge in [-0.15, -0.1) is 0 Å². The second-order valence-electron chi connectivity index (χ2n) is 3.91. The van der Waals surface area contributed by atoms with Gasteiger partial charge in [-0.3, -0.25) is 0 Å². The fourth-order valence-electron chi connectivity index (χ4n) is 1.94. The smallest absolute Gasteiger partial charge is 0.231 e. The number of fused-ring (bicyclic) bond motifs is 1. The van der Waals surface area contributed by atoms with E-state index < -0.39 is 0 Å². The second kappa shape index (κ2) is 5.18. The fraction of sp³-hybridized carbons (Fsp3) is 0.500. The molecular formula is C12H18N2O2. The van der Waals surface area contributed by atoms with E-state index in [1.807, 2.05) is 6.07 Å². The first-order chi connectivity index (χ1) is 7.85. The van der Waals surface area contributed by atoms with Gasteiger partial charge in [0.15, 0.2) is 11.5 Å². The highest BCUT2D eigenvalue weighted by Gasteiger charge is 2.16. The molecule has 0 saturated carbocycles. The molecule has 0 fully saturated rings. The van der Waals surface area contributed by atoms with E-state index in [2.05, 4.69) is 6.07 Å². The first-order valence-corrected chi connectivity index (χ1v) is 5.66. The third kappa shape index (κ3) is 2.28. The lowest BCUT2D eigenvalue weighted by molar-refractivity contribution is 0.174. The van der Waals surface area contributed by atoms with Crippen molar-refractivity contribution in [2.45, 2.75) is 19.3 Å². The largest absolute Gasteiger partial charge is 0.454 e. The molecule has 88 valence electrons. The maximum Gasteiger partial charge on any atom is 0.231 e. The predicted octanol–water partition coefficient (Wildman–Crippen LogP) is 0.808. The Morgan fingerprint density at radius 2 is 1.56 bits per heavy atom. The van der Waals surface area contributed by atoms with Gasteiger partial charge in [0.25, 0.3) is 0 Å². The summed E-state index contributed by atoms with van der Waals surface area (Å²) in [6, 6.07) is 4.10. The summed E-state index contributed by atoms with van der Waals surface area (Å²) in [6.45, 7) is 1.67. The Kier molecular flexibility index (Phi) is 3.64. The molecule has 0 amide bonds. The van der Waals surface area contributed by atoms with Gasteiger partial charge >= 0.3 is 0 Å². The molecule has 1 heterocycles. The quantitative estimate of drug-likeness (QED) is 0.773. The predicted molar refractivity (Wildman–Crippen MR) is 62.7 cm³/mol. The Hall–Kier alpha value is -1.26. The van der Waals surface area contributed by atoms with E-state index in [-0.39, 0.29) is 0 Å². The molecule has 1 aromatic rings. The van der Waals surface area contributed by atoms with Crippen LogP contribution in [0.1, 0.15) is 17.5 Å². The van der Waals surface area contributed by atoms with Crippen molar-refractivity contribution in [2.24, 2.45) is 11.5 Å². The minimum atomic E-state index is 0.317. The topological polar surface area (TPSA) is 70.5 Å². The number of rotatable bonds is 5. The summed E-state index contributed by atoms with van der Waals surface area (Å²) < 4.78 is 10.7. The van der Waals surface area contributed by atoms with Gasteiger partial charge in [0.2, 0.25) is 6.79 Å². The summed E-state index contributed by atoms with van der Waals surface area (Å²) in [5.74, 6) is 1.67. The molecular weight excluding hydrogens is 204 g/mol. The molecule has 4 heteroatoms. The minimum Gasteiger partial charge on any atom is -0.454 e. The maximum absolute atomic E-state index is 5.61. The van der Waals surface area contributed by atoms with Crippen molar-refractivity contribution in [3.63, 3.8) is 0 Å². The zero-order chi connectivity index (χ0) is 11.4. The van der Waals surface area contributed by atoms with Crippen molar-refractivity contribution in [2.75, 3.05) is 19.9 Å². The molecule has 1 aliphatic heterocycles. The van der Waals surface area contributed by atoms with Crippen molar-refractivity contribution in [3.05, 3.63) is 23.3 Å². The van der Waals surface area contributed by atoms with Crippen LogP contribution in [0.5, 0.6) is 11.5 Å². The molecule has 0 unspecified atom stereocenters. The molecule has 0 bridgehead atoms. The Balaban J connectivity index is 2.25. The Labute approximate surface area is 95.5 Å². The third-order valence-corrected chi connectivity index (χ3v) is 2.76. The molecule has 0 aromatic heterocycles. The second-order valence-corrected chi connectivity index (χ2v) is 3.91. The number of nitrogens with two attached hydrogens (primary N) is 2. The van der Waals surface area contributed by atoms with Crippen LogP contribution in [-0.2, 0) is 12.8 Å². The summed E-state index contributed by atoms with van der Waals surface area (Å²) in [5.41, 5.74) is 13.7. The molecule has 0 aliphatic carbocycles. The Bertz CT molecular complexity index is 366. The van der Waals surface area contributed by atoms with Crippen LogP contribution >= 0.6 is 0 Å². The van der Waals surface area contributed by atoms with Crippen LogP contribution in [0, 0.1) is 0 Å². The van der Waals surface area contributed by atoms with Crippen LogP contribution in [0.3, 0.4) is 0 Å². The van der Waals surface area contributed by atoms with Gasteiger partial charge < -0.3 is 20.9 Å². The Morgan fingerprint density at radius 1 is 0.938 bits per heavy atom. The van der Waals surface area contributed by atoms with Crippen LogP contribution in [0.2, 0.25) is 0 Å². The molecule has 0 spiro atoms. The SMILES string of the molecule is NCCCc1cc2c(cc1CCN)OCO2. The summed E-state index contributed by atoms with van der Waals surface area (Å²) in [7, 11) is 0. The lowest BCUT2D eigenvalue weighted by atomic mass is 9.99. The van der Waals surface area contributed by atoms with Crippen LogP contribution in [0.15, 0.2) is 12.1 Å². The Morgan fingerprint density at radius 3 is 2.12 bits per heavy atom. The summed E-state index contributed by atoms with van der Waals surface area (Å²) in [6.07, 6.45) is 2.83. The van der Waals surface area contributed by atoms with E-state index >= 15 is 0 Å². The molecule has 1 aromatic carbocycles. The van der Waals surface area contributed by atoms with Gasteiger partial charge in [-0.25, -0.2) is 0 Å². The zero-order valence-corrected chi connectivity index (χ0v) is 9.37. The van der Waals surface area contributed by atoms with E-state index in [9.17, 15) is 0 Å². The van der Waals surface area contributed by atoms with E-state index in [1.54, 1.807) is 0 Å². The van der Waals surface area contributed by atoms with Crippen molar-refractivity contribution < 1.29 is 9.47 Å². The average Bonchev–Trinajstić information content (AvgIpc) is 2.73. The summed E-state index contributed by atoms with van der Waals surface area (Å²) >= 11 is 0. The van der Waals surface area contributed by atoms with Gasteiger partial charge in [0.1, 0.15) is 0 Å². The maximum atomic E-state index is 5.61. The van der Waals surface area contributed by atoms with Gasteiger partial charge in [-0.2, -0.15) is 0 Å². The number of benzene rings is 1. The molecule has 4 N–H and O–H groups in total. The van der Waals surface area contributed by atoms with Crippen molar-refractivity contribution >= 4 is 0 Å². The van der Waals surface area contributed by atoms with Crippen LogP contribution in [0.25, 0.3) is 0 Å². The van der Waals surface area contributed by atoms with Crippen LogP contribution < -0.4 is 20.9 Å². The van der Waals surface area contributed by atoms with E-state index in [1.165, 1.54) is 11.1 Å². The summed E-state index contributed by atoms with van der Waals surface area (Å²) in [5, 5.41) is 0. The van der Waals surface area contributed by atoms with E-state index in [4.69, 9.17) is 20.9 Å². The molecule has 0 saturated heterocycles. The van der Waals surface area contributed by atoms with Crippen molar-refractivity contribution in [3.8, 4) is 11.5 Å². The molecule has 1 aliphatic rings. The summed E-state index contributed by atoms with van der Waals surface area (Å²) in [4.78, 5) is 0. The van der Waals surface area contributed by atoms with Gasteiger partial charge in [0, 0.05) is 0 Å². The normalized spacial score (nSPS) is 13.1. The fourth-order valence-corrected chi connectivity index (χ4v) is 1.94. The van der Waals surface area contributed by atoms with Gasteiger partial charge in [-0.1, -0.05) is 0 Å². The molecule has 0 radical (unpaired) electrons. The van der Waals surface area contributed by atoms with Gasteiger partial charge in [0.05, 0.1) is 0 Å². The molecule has 0 atom stereocenters. The highest BCUT2D eigenvalue weighted by atomic mass is 16.7. The lowest BCUT2D eigenvalue weighted by Gasteiger charge is -2.09. The molecule has 4 nitrogen and oxygen atoms in total. The first kappa shape index (κ1) is 11.2. The number of ether oxygens (including phenoxy) is 2. The van der Waals surface area contributed by atoms with Crippen molar-refractivity contribution in [1.82, 2.24) is 0 Å². The average molecular weight is 222 g/mol. The van der Waals surface area contributed by atoms with E-state index in [0.717, 1.165) is 30.8 Å². The highest BCUT2D eigenvalue weighted by molar-refractivity contribution is 5.49. The standard InChI is InChI=1S/C12H18N2O2/c13-4-1-2-9-6-11-12(16-8-15-11)7-10(9)3-5-14/h6-7H,1-5,8,13-14H2. The first-order valence-electron chi connectivity index (χ1n) is 5.66. The van der Waals surface area contributed by atoms with Crippen LogP contribution in [0.4, 0.5) is 0 Å². The molecule has 16 heavy (non-hydrogen) atoms. The molecule has 2 rings (SSSR count). The number of aryl methyl sites for hydroxylation is 1. The monoisotopic (exact) mass is 222 g/mol. The van der Waals surface area contributed by atoms with Crippen LogP contribution in [-0.4, -0.2) is 19.9 Å². The van der Waals surface area contributed by atoms with Crippen molar-refractivity contribution in [1.29, 1.82) is 0 Å². The third-order valence-electron chi connectivity index (χ3n) is 2.76. The highest BCUT2D eigenvalue weighted by Crippen LogP contribution is 2.35. The minimum absolute atomic E-state index is 0.317. The number of hydrogen-bond acceptors (Lipinski definition) is 4. The number of hydrogen-bond donors (Lipinski definition) is 2. The van der Waals surface area contributed by atoms with Gasteiger partial charge in [-0.05, 0) is 55.6 Å². The zero-order valence-electron chi connectivity index (χ0n) is 9.37. The van der Waals surface area contributed by atoms with E-state index in [0.29, 0.717) is 19.9 Å².